The van der Waals surface area contributed by atoms with E-state index in [0.717, 1.165) is 12.3 Å². The molecule has 0 bridgehead atoms. The molecular formula is C13H22BrNO. The fourth-order valence-electron chi connectivity index (χ4n) is 1.68. The summed E-state index contributed by atoms with van der Waals surface area (Å²) < 4.78 is 5.30. The van der Waals surface area contributed by atoms with Gasteiger partial charge in [-0.15, -0.1) is 17.0 Å². The first-order valence-electron chi connectivity index (χ1n) is 5.67. The molecule has 0 saturated carbocycles. The fourth-order valence-corrected chi connectivity index (χ4v) is 1.68. The van der Waals surface area contributed by atoms with Crippen molar-refractivity contribution in [3.63, 3.8) is 0 Å². The highest BCUT2D eigenvalue weighted by Gasteiger charge is 2.05. The molecule has 0 unspecified atom stereocenters. The predicted octanol–water partition coefficient (Wildman–Crippen LogP) is 3.55. The van der Waals surface area contributed by atoms with Crippen molar-refractivity contribution in [2.45, 2.75) is 39.3 Å². The van der Waals surface area contributed by atoms with E-state index < -0.39 is 0 Å². The number of rotatable bonds is 6. The number of hydrogen-bond donors (Lipinski definition) is 1. The average molecular weight is 288 g/mol. The summed E-state index contributed by atoms with van der Waals surface area (Å²) in [4.78, 5) is 0. The van der Waals surface area contributed by atoms with Crippen molar-refractivity contribution in [2.24, 2.45) is 0 Å². The van der Waals surface area contributed by atoms with Crippen molar-refractivity contribution >= 4 is 17.0 Å². The van der Waals surface area contributed by atoms with Gasteiger partial charge in [-0.25, -0.2) is 0 Å². The highest BCUT2D eigenvalue weighted by Crippen LogP contribution is 2.17. The quantitative estimate of drug-likeness (QED) is 0.864. The van der Waals surface area contributed by atoms with E-state index in [1.165, 1.54) is 18.4 Å². The van der Waals surface area contributed by atoms with Crippen LogP contribution in [0.25, 0.3) is 0 Å². The van der Waals surface area contributed by atoms with Crippen LogP contribution in [0.5, 0.6) is 5.75 Å². The first-order valence-corrected chi connectivity index (χ1v) is 5.67. The van der Waals surface area contributed by atoms with E-state index in [-0.39, 0.29) is 17.0 Å². The first kappa shape index (κ1) is 15.5. The summed E-state index contributed by atoms with van der Waals surface area (Å²) in [5.74, 6) is 0.968. The molecule has 92 valence electrons. The molecule has 0 amide bonds. The van der Waals surface area contributed by atoms with E-state index in [2.05, 4.69) is 25.2 Å². The molecule has 0 aromatic heterocycles. The number of halogens is 1. The Bertz CT molecular complexity index is 287. The fraction of sp³-hybridized carbons (Fsp3) is 0.538. The normalized spacial score (nSPS) is 10.0. The maximum absolute atomic E-state index is 5.30. The van der Waals surface area contributed by atoms with Gasteiger partial charge >= 0.3 is 0 Å². The van der Waals surface area contributed by atoms with Crippen molar-refractivity contribution in [3.05, 3.63) is 29.8 Å². The monoisotopic (exact) mass is 287 g/mol. The van der Waals surface area contributed by atoms with Gasteiger partial charge in [0.05, 0.1) is 7.11 Å². The SMILES string of the molecule is Br.CCC(CC)NCc1ccccc1OC. The van der Waals surface area contributed by atoms with Crippen LogP contribution in [0.1, 0.15) is 32.3 Å². The summed E-state index contributed by atoms with van der Waals surface area (Å²) in [5.41, 5.74) is 1.23. The van der Waals surface area contributed by atoms with Gasteiger partial charge in [-0.2, -0.15) is 0 Å². The van der Waals surface area contributed by atoms with Crippen LogP contribution in [-0.4, -0.2) is 13.2 Å². The Hall–Kier alpha value is -0.540. The van der Waals surface area contributed by atoms with Crippen LogP contribution in [-0.2, 0) is 6.54 Å². The average Bonchev–Trinajstić information content (AvgIpc) is 2.31. The second-order valence-electron chi connectivity index (χ2n) is 3.71. The summed E-state index contributed by atoms with van der Waals surface area (Å²) in [6.45, 7) is 5.31. The lowest BCUT2D eigenvalue weighted by atomic mass is 10.1. The van der Waals surface area contributed by atoms with Gasteiger partial charge in [-0.05, 0) is 18.9 Å². The molecule has 0 heterocycles. The number of ether oxygens (including phenoxy) is 1. The molecule has 1 aromatic carbocycles. The number of benzene rings is 1. The standard InChI is InChI=1S/C13H21NO.BrH/c1-4-12(5-2)14-10-11-8-6-7-9-13(11)15-3;/h6-9,12,14H,4-5,10H2,1-3H3;1H. The highest BCUT2D eigenvalue weighted by molar-refractivity contribution is 8.93. The van der Waals surface area contributed by atoms with E-state index >= 15 is 0 Å². The molecule has 2 nitrogen and oxygen atoms in total. The Kier molecular flexibility index (Phi) is 8.30. The van der Waals surface area contributed by atoms with Crippen LogP contribution in [0.2, 0.25) is 0 Å². The van der Waals surface area contributed by atoms with Crippen LogP contribution in [0.15, 0.2) is 24.3 Å². The van der Waals surface area contributed by atoms with Crippen molar-refractivity contribution in [2.75, 3.05) is 7.11 Å². The topological polar surface area (TPSA) is 21.3 Å². The Balaban J connectivity index is 0.00000225. The minimum absolute atomic E-state index is 0. The zero-order chi connectivity index (χ0) is 11.1. The van der Waals surface area contributed by atoms with Gasteiger partial charge in [0, 0.05) is 18.2 Å². The van der Waals surface area contributed by atoms with Crippen molar-refractivity contribution in [1.82, 2.24) is 5.32 Å². The lowest BCUT2D eigenvalue weighted by molar-refractivity contribution is 0.403. The molecule has 0 aliphatic rings. The molecule has 0 radical (unpaired) electrons. The van der Waals surface area contributed by atoms with E-state index in [4.69, 9.17) is 4.74 Å². The van der Waals surface area contributed by atoms with Crippen LogP contribution in [0.4, 0.5) is 0 Å². The molecule has 0 atom stereocenters. The molecule has 1 N–H and O–H groups in total. The molecule has 16 heavy (non-hydrogen) atoms. The second-order valence-corrected chi connectivity index (χ2v) is 3.71. The van der Waals surface area contributed by atoms with E-state index in [1.807, 2.05) is 18.2 Å². The first-order chi connectivity index (χ1) is 7.31. The van der Waals surface area contributed by atoms with Crippen molar-refractivity contribution in [3.8, 4) is 5.75 Å². The molecular weight excluding hydrogens is 266 g/mol. The Morgan fingerprint density at radius 3 is 2.38 bits per heavy atom. The second kappa shape index (κ2) is 8.59. The zero-order valence-corrected chi connectivity index (χ0v) is 12.0. The van der Waals surface area contributed by atoms with Crippen LogP contribution in [0.3, 0.4) is 0 Å². The minimum Gasteiger partial charge on any atom is -0.496 e. The summed E-state index contributed by atoms with van der Waals surface area (Å²) in [6.07, 6.45) is 2.34. The Morgan fingerprint density at radius 1 is 1.19 bits per heavy atom. The molecule has 0 fully saturated rings. The van der Waals surface area contributed by atoms with E-state index in [9.17, 15) is 0 Å². The van der Waals surface area contributed by atoms with Gasteiger partial charge in [0.2, 0.25) is 0 Å². The number of nitrogens with one attached hydrogen (secondary N) is 1. The van der Waals surface area contributed by atoms with Crippen molar-refractivity contribution < 1.29 is 4.74 Å². The number of para-hydroxylation sites is 1. The smallest absolute Gasteiger partial charge is 0.123 e. The molecule has 1 rings (SSSR count). The van der Waals surface area contributed by atoms with Crippen LogP contribution < -0.4 is 10.1 Å². The summed E-state index contributed by atoms with van der Waals surface area (Å²) in [7, 11) is 1.72. The lowest BCUT2D eigenvalue weighted by Gasteiger charge is -2.16. The molecule has 3 heteroatoms. The molecule has 0 aliphatic carbocycles. The van der Waals surface area contributed by atoms with Gasteiger partial charge in [0.25, 0.3) is 0 Å². The zero-order valence-electron chi connectivity index (χ0n) is 10.3. The Labute approximate surface area is 109 Å². The molecule has 0 aliphatic heterocycles. The van der Waals surface area contributed by atoms with Gasteiger partial charge in [-0.3, -0.25) is 0 Å². The van der Waals surface area contributed by atoms with Crippen LogP contribution in [0, 0.1) is 0 Å². The van der Waals surface area contributed by atoms with Gasteiger partial charge in [0.15, 0.2) is 0 Å². The highest BCUT2D eigenvalue weighted by atomic mass is 79.9. The molecule has 0 saturated heterocycles. The maximum atomic E-state index is 5.30. The van der Waals surface area contributed by atoms with Crippen LogP contribution >= 0.6 is 17.0 Å². The minimum atomic E-state index is 0. The summed E-state index contributed by atoms with van der Waals surface area (Å²) in [5, 5.41) is 3.53. The van der Waals surface area contributed by atoms with E-state index in [1.54, 1.807) is 7.11 Å². The maximum Gasteiger partial charge on any atom is 0.123 e. The predicted molar refractivity (Wildman–Crippen MR) is 74.5 cm³/mol. The molecule has 1 aromatic rings. The largest absolute Gasteiger partial charge is 0.496 e. The Morgan fingerprint density at radius 2 is 1.81 bits per heavy atom. The van der Waals surface area contributed by atoms with Gasteiger partial charge in [-0.1, -0.05) is 32.0 Å². The molecule has 0 spiro atoms. The van der Waals surface area contributed by atoms with E-state index in [0.29, 0.717) is 6.04 Å². The third kappa shape index (κ3) is 4.54. The summed E-state index contributed by atoms with van der Waals surface area (Å²) in [6, 6.07) is 8.76. The van der Waals surface area contributed by atoms with Crippen molar-refractivity contribution in [1.29, 1.82) is 0 Å². The third-order valence-corrected chi connectivity index (χ3v) is 2.76. The number of methoxy groups -OCH3 is 1. The third-order valence-electron chi connectivity index (χ3n) is 2.76. The number of hydrogen-bond acceptors (Lipinski definition) is 2. The van der Waals surface area contributed by atoms with Gasteiger partial charge in [0.1, 0.15) is 5.75 Å². The summed E-state index contributed by atoms with van der Waals surface area (Å²) >= 11 is 0. The van der Waals surface area contributed by atoms with Gasteiger partial charge < -0.3 is 10.1 Å². The lowest BCUT2D eigenvalue weighted by Crippen LogP contribution is -2.27.